The van der Waals surface area contributed by atoms with Gasteiger partial charge in [-0.25, -0.2) is 0 Å². The Kier molecular flexibility index (Phi) is 5.26. The molecule has 0 spiro atoms. The van der Waals surface area contributed by atoms with Crippen LogP contribution < -0.4 is 10.2 Å². The number of amides is 1. The summed E-state index contributed by atoms with van der Waals surface area (Å²) in [6.07, 6.45) is 1.96. The first-order valence-electron chi connectivity index (χ1n) is 11.5. The van der Waals surface area contributed by atoms with Crippen LogP contribution >= 0.6 is 0 Å². The van der Waals surface area contributed by atoms with Crippen LogP contribution in [0.25, 0.3) is 11.1 Å². The minimum Gasteiger partial charge on any atom is -0.368 e. The molecular formula is C28H31N3O. The van der Waals surface area contributed by atoms with Gasteiger partial charge in [0.25, 0.3) is 5.91 Å². The fourth-order valence-electron chi connectivity index (χ4n) is 4.57. The maximum Gasteiger partial charge on any atom is 0.252 e. The molecule has 1 saturated carbocycles. The molecule has 1 heterocycles. The molecule has 4 nitrogen and oxygen atoms in total. The normalized spacial score (nSPS) is 17.2. The van der Waals surface area contributed by atoms with Gasteiger partial charge in [-0.2, -0.15) is 0 Å². The molecule has 1 amide bonds. The number of carbonyl (C=O) groups excluding carboxylic acids is 1. The van der Waals surface area contributed by atoms with Gasteiger partial charge in [0.2, 0.25) is 0 Å². The number of carbonyl (C=O) groups is 1. The molecule has 1 saturated heterocycles. The number of likely N-dealkylation sites (N-methyl/N-ethyl adjacent to an activating group) is 1. The maximum absolute atomic E-state index is 13.4. The molecule has 2 fully saturated rings. The van der Waals surface area contributed by atoms with Crippen LogP contribution in [0.4, 0.5) is 5.69 Å². The highest BCUT2D eigenvalue weighted by Crippen LogP contribution is 2.46. The Bertz CT molecular complexity index is 1130. The Hall–Kier alpha value is -3.11. The summed E-state index contributed by atoms with van der Waals surface area (Å²) in [7, 11) is 4.25. The van der Waals surface area contributed by atoms with Gasteiger partial charge in [-0.1, -0.05) is 54.6 Å². The van der Waals surface area contributed by atoms with E-state index in [2.05, 4.69) is 95.9 Å². The Labute approximate surface area is 190 Å². The van der Waals surface area contributed by atoms with Crippen LogP contribution in [-0.4, -0.2) is 44.0 Å². The lowest BCUT2D eigenvalue weighted by Gasteiger charge is -2.44. The number of benzene rings is 3. The molecule has 3 aromatic carbocycles. The van der Waals surface area contributed by atoms with E-state index in [1.54, 1.807) is 0 Å². The highest BCUT2D eigenvalue weighted by atomic mass is 16.1. The van der Waals surface area contributed by atoms with Gasteiger partial charge in [-0.05, 0) is 74.3 Å². The summed E-state index contributed by atoms with van der Waals surface area (Å²) in [4.78, 5) is 18.0. The largest absolute Gasteiger partial charge is 0.368 e. The Morgan fingerprint density at radius 2 is 1.66 bits per heavy atom. The number of aryl methyl sites for hydroxylation is 1. The Morgan fingerprint density at radius 1 is 0.938 bits per heavy atom. The van der Waals surface area contributed by atoms with Gasteiger partial charge >= 0.3 is 0 Å². The second kappa shape index (κ2) is 8.10. The average Bonchev–Trinajstić information content (AvgIpc) is 3.55. The zero-order valence-corrected chi connectivity index (χ0v) is 19.1. The zero-order valence-electron chi connectivity index (χ0n) is 19.1. The minimum atomic E-state index is -0.253. The fourth-order valence-corrected chi connectivity index (χ4v) is 4.57. The van der Waals surface area contributed by atoms with Crippen molar-refractivity contribution in [3.63, 3.8) is 0 Å². The first-order chi connectivity index (χ1) is 15.4. The van der Waals surface area contributed by atoms with E-state index in [0.29, 0.717) is 6.04 Å². The van der Waals surface area contributed by atoms with E-state index >= 15 is 0 Å². The van der Waals surface area contributed by atoms with Gasteiger partial charge in [0.15, 0.2) is 0 Å². The molecule has 1 aliphatic carbocycles. The standard InChI is InChI=1S/C28H31N3O/c1-20-12-13-24(31-18-25(19-31)30(2)3)17-26(20)27(32)29-28(14-15-28)23-11-7-10-22(16-23)21-8-5-4-6-9-21/h4-13,16-17,25H,14-15,18-19H2,1-3H3,(H,29,32). The summed E-state index contributed by atoms with van der Waals surface area (Å²) in [5.74, 6) is 0.0247. The number of nitrogens with one attached hydrogen (secondary N) is 1. The molecule has 3 aromatic rings. The molecule has 0 aromatic heterocycles. The SMILES string of the molecule is Cc1ccc(N2CC(N(C)C)C2)cc1C(=O)NC1(c2cccc(-c3ccccc3)c2)CC1. The summed E-state index contributed by atoms with van der Waals surface area (Å²) in [6.45, 7) is 4.04. The van der Waals surface area contributed by atoms with Crippen LogP contribution in [0, 0.1) is 6.92 Å². The highest BCUT2D eigenvalue weighted by molar-refractivity contribution is 5.97. The van der Waals surface area contributed by atoms with Crippen molar-refractivity contribution in [2.45, 2.75) is 31.3 Å². The zero-order chi connectivity index (χ0) is 22.3. The molecule has 5 rings (SSSR count). The molecule has 0 unspecified atom stereocenters. The van der Waals surface area contributed by atoms with Crippen molar-refractivity contribution < 1.29 is 4.79 Å². The molecule has 0 bridgehead atoms. The van der Waals surface area contributed by atoms with Crippen LogP contribution in [0.3, 0.4) is 0 Å². The van der Waals surface area contributed by atoms with Crippen LogP contribution in [-0.2, 0) is 5.54 Å². The van der Waals surface area contributed by atoms with Gasteiger partial charge in [-0.3, -0.25) is 4.79 Å². The van der Waals surface area contributed by atoms with Crippen molar-refractivity contribution in [1.82, 2.24) is 10.2 Å². The highest BCUT2D eigenvalue weighted by Gasteiger charge is 2.46. The van der Waals surface area contributed by atoms with Crippen molar-refractivity contribution in [2.75, 3.05) is 32.1 Å². The minimum absolute atomic E-state index is 0.0247. The second-order valence-electron chi connectivity index (χ2n) is 9.50. The van der Waals surface area contributed by atoms with E-state index < -0.39 is 0 Å². The van der Waals surface area contributed by atoms with Crippen molar-refractivity contribution in [2.24, 2.45) is 0 Å². The number of rotatable bonds is 6. The van der Waals surface area contributed by atoms with Gasteiger partial charge in [0.1, 0.15) is 0 Å². The second-order valence-corrected chi connectivity index (χ2v) is 9.50. The van der Waals surface area contributed by atoms with Gasteiger partial charge < -0.3 is 15.1 Å². The molecular weight excluding hydrogens is 394 g/mol. The predicted molar refractivity (Wildman–Crippen MR) is 131 cm³/mol. The lowest BCUT2D eigenvalue weighted by Crippen LogP contribution is -2.57. The number of hydrogen-bond acceptors (Lipinski definition) is 3. The average molecular weight is 426 g/mol. The third kappa shape index (κ3) is 3.91. The third-order valence-corrected chi connectivity index (χ3v) is 7.05. The predicted octanol–water partition coefficient (Wildman–Crippen LogP) is 4.83. The smallest absolute Gasteiger partial charge is 0.252 e. The molecule has 1 N–H and O–H groups in total. The van der Waals surface area contributed by atoms with Crippen LogP contribution in [0.5, 0.6) is 0 Å². The quantitative estimate of drug-likeness (QED) is 0.614. The summed E-state index contributed by atoms with van der Waals surface area (Å²) in [6, 6.07) is 25.9. The summed E-state index contributed by atoms with van der Waals surface area (Å²) in [5.41, 5.74) is 6.26. The van der Waals surface area contributed by atoms with E-state index in [-0.39, 0.29) is 11.4 Å². The molecule has 2 aliphatic rings. The summed E-state index contributed by atoms with van der Waals surface area (Å²) < 4.78 is 0. The van der Waals surface area contributed by atoms with Gasteiger partial charge in [-0.15, -0.1) is 0 Å². The van der Waals surface area contributed by atoms with E-state index in [1.165, 1.54) is 16.7 Å². The van der Waals surface area contributed by atoms with Gasteiger partial charge in [0, 0.05) is 30.4 Å². The van der Waals surface area contributed by atoms with Crippen molar-refractivity contribution in [3.8, 4) is 11.1 Å². The molecule has 1 aliphatic heterocycles. The summed E-state index contributed by atoms with van der Waals surface area (Å²) >= 11 is 0. The van der Waals surface area contributed by atoms with Gasteiger partial charge in [0.05, 0.1) is 5.54 Å². The molecule has 4 heteroatoms. The van der Waals surface area contributed by atoms with E-state index in [4.69, 9.17) is 0 Å². The maximum atomic E-state index is 13.4. The number of nitrogens with zero attached hydrogens (tertiary/aromatic N) is 2. The van der Waals surface area contributed by atoms with Crippen LogP contribution in [0.15, 0.2) is 72.8 Å². The number of hydrogen-bond donors (Lipinski definition) is 1. The molecule has 32 heavy (non-hydrogen) atoms. The van der Waals surface area contributed by atoms with Crippen LogP contribution in [0.2, 0.25) is 0 Å². The lowest BCUT2D eigenvalue weighted by atomic mass is 9.97. The Morgan fingerprint density at radius 3 is 2.34 bits per heavy atom. The Balaban J connectivity index is 1.35. The molecule has 0 atom stereocenters. The first-order valence-corrected chi connectivity index (χ1v) is 11.5. The van der Waals surface area contributed by atoms with E-state index in [9.17, 15) is 4.79 Å². The fraction of sp³-hybridized carbons (Fsp3) is 0.321. The van der Waals surface area contributed by atoms with Crippen molar-refractivity contribution >= 4 is 11.6 Å². The first kappa shape index (κ1) is 20.8. The summed E-state index contributed by atoms with van der Waals surface area (Å²) in [5, 5.41) is 3.38. The molecule has 164 valence electrons. The topological polar surface area (TPSA) is 35.6 Å². The monoisotopic (exact) mass is 425 g/mol. The van der Waals surface area contributed by atoms with E-state index in [1.807, 2.05) is 13.0 Å². The van der Waals surface area contributed by atoms with Crippen LogP contribution in [0.1, 0.15) is 34.3 Å². The third-order valence-electron chi connectivity index (χ3n) is 7.05. The van der Waals surface area contributed by atoms with Crippen molar-refractivity contribution in [3.05, 3.63) is 89.5 Å². The lowest BCUT2D eigenvalue weighted by molar-refractivity contribution is 0.0930. The number of anilines is 1. The molecule has 0 radical (unpaired) electrons. The van der Waals surface area contributed by atoms with Crippen molar-refractivity contribution in [1.29, 1.82) is 0 Å². The van der Waals surface area contributed by atoms with E-state index in [0.717, 1.165) is 42.7 Å².